The smallest absolute Gasteiger partial charge is 0.236 e. The average molecular weight is 729 g/mol. The van der Waals surface area contributed by atoms with Crippen LogP contribution in [0.1, 0.15) is 0 Å². The van der Waals surface area contributed by atoms with Crippen LogP contribution in [-0.2, 0) is 0 Å². The van der Waals surface area contributed by atoms with Crippen LogP contribution in [0.25, 0.3) is 111 Å². The lowest BCUT2D eigenvalue weighted by Crippen LogP contribution is -2.02. The van der Waals surface area contributed by atoms with Crippen LogP contribution in [-0.4, -0.2) is 19.1 Å². The van der Waals surface area contributed by atoms with E-state index in [4.69, 9.17) is 14.4 Å². The molecule has 0 aliphatic rings. The first-order chi connectivity index (χ1) is 28.3. The number of hydrogen-bond donors (Lipinski definition) is 0. The summed E-state index contributed by atoms with van der Waals surface area (Å²) in [6.45, 7) is 0. The molecule has 0 atom stereocenters. The summed E-state index contributed by atoms with van der Waals surface area (Å²) in [6.07, 6.45) is 1.70. The maximum Gasteiger partial charge on any atom is 0.236 e. The number of fused-ring (bicyclic) bond motifs is 8. The molecule has 4 heterocycles. The molecule has 0 saturated heterocycles. The molecule has 266 valence electrons. The fraction of sp³-hybridized carbons (Fsp3) is 0. The van der Waals surface area contributed by atoms with Gasteiger partial charge in [0.05, 0.1) is 28.3 Å². The molecule has 0 bridgehead atoms. The summed E-state index contributed by atoms with van der Waals surface area (Å²) >= 11 is 0. The van der Waals surface area contributed by atoms with Gasteiger partial charge in [-0.3, -0.25) is 4.57 Å². The number of furan rings is 1. The molecule has 0 aliphatic carbocycles. The third kappa shape index (κ3) is 4.89. The Morgan fingerprint density at radius 2 is 0.947 bits per heavy atom. The summed E-state index contributed by atoms with van der Waals surface area (Å²) in [4.78, 5) is 10.4. The third-order valence-corrected chi connectivity index (χ3v) is 11.4. The van der Waals surface area contributed by atoms with Crippen LogP contribution in [0.15, 0.2) is 199 Å². The van der Waals surface area contributed by atoms with Crippen LogP contribution in [0.4, 0.5) is 0 Å². The summed E-state index contributed by atoms with van der Waals surface area (Å²) < 4.78 is 10.6. The Kier molecular flexibility index (Phi) is 6.86. The quantitative estimate of drug-likeness (QED) is 0.177. The molecule has 5 heteroatoms. The summed E-state index contributed by atoms with van der Waals surface area (Å²) in [5.74, 6) is 0.603. The SMILES string of the molecule is c1ccc(-n2c3ccccc3c3cc(-c4ccc5c(c4)c4ccccc4n5-c4nc(-c5ccc(-c6cccc7ccccc67)cc5)c5occc5n4)ccc32)cc1. The Bertz CT molecular complexity index is 3510. The molecule has 0 N–H and O–H groups in total. The minimum Gasteiger partial charge on any atom is -0.460 e. The Morgan fingerprint density at radius 3 is 1.68 bits per heavy atom. The van der Waals surface area contributed by atoms with Gasteiger partial charge in [0.15, 0.2) is 5.58 Å². The van der Waals surface area contributed by atoms with Crippen LogP contribution in [0.2, 0.25) is 0 Å². The van der Waals surface area contributed by atoms with Crippen molar-refractivity contribution >= 4 is 65.5 Å². The Labute approximate surface area is 327 Å². The van der Waals surface area contributed by atoms with Crippen molar-refractivity contribution in [3.05, 3.63) is 194 Å². The second-order valence-corrected chi connectivity index (χ2v) is 14.6. The topological polar surface area (TPSA) is 48.8 Å². The molecular formula is C52H32N4O. The van der Waals surface area contributed by atoms with Crippen LogP contribution in [0.3, 0.4) is 0 Å². The molecule has 4 aromatic heterocycles. The van der Waals surface area contributed by atoms with Gasteiger partial charge >= 0.3 is 0 Å². The van der Waals surface area contributed by atoms with Crippen LogP contribution < -0.4 is 0 Å². The zero-order valence-corrected chi connectivity index (χ0v) is 30.7. The second-order valence-electron chi connectivity index (χ2n) is 14.6. The van der Waals surface area contributed by atoms with Gasteiger partial charge in [-0.15, -0.1) is 0 Å². The maximum atomic E-state index is 6.04. The normalized spacial score (nSPS) is 11.9. The molecule has 0 fully saturated rings. The van der Waals surface area contributed by atoms with Crippen LogP contribution in [0.5, 0.6) is 0 Å². The highest BCUT2D eigenvalue weighted by Gasteiger charge is 2.20. The van der Waals surface area contributed by atoms with E-state index >= 15 is 0 Å². The molecule has 0 radical (unpaired) electrons. The first-order valence-electron chi connectivity index (χ1n) is 19.2. The molecule has 12 aromatic rings. The summed E-state index contributed by atoms with van der Waals surface area (Å²) in [5, 5.41) is 7.22. The highest BCUT2D eigenvalue weighted by Crippen LogP contribution is 2.39. The lowest BCUT2D eigenvalue weighted by molar-refractivity contribution is 0.614. The van der Waals surface area contributed by atoms with Gasteiger partial charge in [0.2, 0.25) is 5.95 Å². The van der Waals surface area contributed by atoms with E-state index in [1.807, 2.05) is 6.07 Å². The summed E-state index contributed by atoms with van der Waals surface area (Å²) in [7, 11) is 0. The first-order valence-corrected chi connectivity index (χ1v) is 19.2. The Balaban J connectivity index is 0.993. The molecule has 0 saturated carbocycles. The fourth-order valence-corrected chi connectivity index (χ4v) is 8.81. The molecule has 0 amide bonds. The zero-order chi connectivity index (χ0) is 37.5. The molecule has 5 nitrogen and oxygen atoms in total. The van der Waals surface area contributed by atoms with Gasteiger partial charge in [-0.2, -0.15) is 0 Å². The largest absolute Gasteiger partial charge is 0.460 e. The molecule has 0 spiro atoms. The maximum absolute atomic E-state index is 6.04. The predicted octanol–water partition coefficient (Wildman–Crippen LogP) is 13.6. The van der Waals surface area contributed by atoms with Crippen molar-refractivity contribution in [2.45, 2.75) is 0 Å². The van der Waals surface area contributed by atoms with Gasteiger partial charge in [-0.05, 0) is 81.6 Å². The minimum absolute atomic E-state index is 0.603. The third-order valence-electron chi connectivity index (χ3n) is 11.4. The van der Waals surface area contributed by atoms with E-state index in [0.717, 1.165) is 55.4 Å². The number of rotatable bonds is 5. The second kappa shape index (κ2) is 12.4. The number of para-hydroxylation sites is 3. The van der Waals surface area contributed by atoms with Crippen molar-refractivity contribution in [3.63, 3.8) is 0 Å². The lowest BCUT2D eigenvalue weighted by atomic mass is 9.97. The fourth-order valence-electron chi connectivity index (χ4n) is 8.81. The van der Waals surface area contributed by atoms with Crippen molar-refractivity contribution in [3.8, 4) is 45.1 Å². The van der Waals surface area contributed by atoms with E-state index in [-0.39, 0.29) is 0 Å². The van der Waals surface area contributed by atoms with Gasteiger partial charge in [0.25, 0.3) is 0 Å². The average Bonchev–Trinajstić information content (AvgIpc) is 3.98. The summed E-state index contributed by atoms with van der Waals surface area (Å²) in [5.41, 5.74) is 13.5. The highest BCUT2D eigenvalue weighted by atomic mass is 16.3. The van der Waals surface area contributed by atoms with Crippen molar-refractivity contribution < 1.29 is 4.42 Å². The van der Waals surface area contributed by atoms with Crippen molar-refractivity contribution in [1.29, 1.82) is 0 Å². The molecular weight excluding hydrogens is 697 g/mol. The molecule has 8 aromatic carbocycles. The van der Waals surface area contributed by atoms with Gasteiger partial charge in [-0.1, -0.05) is 133 Å². The molecule has 57 heavy (non-hydrogen) atoms. The first kappa shape index (κ1) is 31.6. The zero-order valence-electron chi connectivity index (χ0n) is 30.7. The van der Waals surface area contributed by atoms with Gasteiger partial charge in [0, 0.05) is 38.9 Å². The lowest BCUT2D eigenvalue weighted by Gasteiger charge is -2.11. The minimum atomic E-state index is 0.603. The Morgan fingerprint density at radius 1 is 0.386 bits per heavy atom. The van der Waals surface area contributed by atoms with Crippen LogP contribution >= 0.6 is 0 Å². The highest BCUT2D eigenvalue weighted by molar-refractivity contribution is 6.12. The van der Waals surface area contributed by atoms with Gasteiger partial charge < -0.3 is 8.98 Å². The molecule has 12 rings (SSSR count). The van der Waals surface area contributed by atoms with E-state index in [1.165, 1.54) is 43.7 Å². The molecule has 0 unspecified atom stereocenters. The Hall–Kier alpha value is -7.76. The van der Waals surface area contributed by atoms with E-state index in [2.05, 4.69) is 191 Å². The van der Waals surface area contributed by atoms with Gasteiger partial charge in [0.1, 0.15) is 11.2 Å². The predicted molar refractivity (Wildman–Crippen MR) is 234 cm³/mol. The van der Waals surface area contributed by atoms with Crippen molar-refractivity contribution in [1.82, 2.24) is 19.1 Å². The van der Waals surface area contributed by atoms with E-state index < -0.39 is 0 Å². The van der Waals surface area contributed by atoms with E-state index in [1.54, 1.807) is 6.26 Å². The van der Waals surface area contributed by atoms with E-state index in [9.17, 15) is 0 Å². The number of hydrogen-bond acceptors (Lipinski definition) is 3. The molecule has 0 aliphatic heterocycles. The number of nitrogens with zero attached hydrogens (tertiary/aromatic N) is 4. The number of benzene rings is 8. The van der Waals surface area contributed by atoms with Crippen molar-refractivity contribution in [2.75, 3.05) is 0 Å². The monoisotopic (exact) mass is 728 g/mol. The summed E-state index contributed by atoms with van der Waals surface area (Å²) in [6, 6.07) is 66.9. The van der Waals surface area contributed by atoms with Gasteiger partial charge in [-0.25, -0.2) is 9.97 Å². The van der Waals surface area contributed by atoms with E-state index in [0.29, 0.717) is 11.5 Å². The standard InChI is InChI=1S/C52H32N4O/c1-2-13-38(14-3-1)55-46-19-8-6-16-41(46)43-31-36(25-27-48(43)55)37-26-28-49-44(32-37)42-17-7-9-20-47(42)56(49)52-53-45-29-30-57-51(45)50(54-52)35-23-21-34(22-24-35)40-18-10-12-33-11-4-5-15-39(33)40/h1-32H. The van der Waals surface area contributed by atoms with Crippen molar-refractivity contribution in [2.24, 2.45) is 0 Å². The number of aromatic nitrogens is 4. The van der Waals surface area contributed by atoms with Crippen LogP contribution in [0, 0.1) is 0 Å².